The van der Waals surface area contributed by atoms with Gasteiger partial charge in [-0.1, -0.05) is 121 Å². The number of aromatic nitrogens is 2. The molecule has 0 aliphatic carbocycles. The van der Waals surface area contributed by atoms with Gasteiger partial charge in [-0.15, -0.1) is 0 Å². The first-order valence-electron chi connectivity index (χ1n) is 16.5. The second kappa shape index (κ2) is 10.6. The van der Waals surface area contributed by atoms with Gasteiger partial charge in [-0.05, 0) is 93.0 Å². The summed E-state index contributed by atoms with van der Waals surface area (Å²) in [6, 6.07) is 66.3. The van der Waals surface area contributed by atoms with Gasteiger partial charge in [0.25, 0.3) is 0 Å². The van der Waals surface area contributed by atoms with E-state index >= 15 is 0 Å². The largest absolute Gasteiger partial charge is 0.309 e. The van der Waals surface area contributed by atoms with E-state index < -0.39 is 0 Å². The summed E-state index contributed by atoms with van der Waals surface area (Å²) in [5.41, 5.74) is 9.58. The Morgan fingerprint density at radius 3 is 1.06 bits per heavy atom. The molecule has 0 amide bonds. The molecule has 0 aliphatic heterocycles. The fourth-order valence-electron chi connectivity index (χ4n) is 7.80. The Kier molecular flexibility index (Phi) is 5.91. The first kappa shape index (κ1) is 26.8. The van der Waals surface area contributed by atoms with Crippen molar-refractivity contribution in [3.8, 4) is 33.9 Å². The van der Waals surface area contributed by atoms with Crippen molar-refractivity contribution in [2.75, 3.05) is 0 Å². The number of benzene rings is 8. The second-order valence-electron chi connectivity index (χ2n) is 12.6. The van der Waals surface area contributed by atoms with Crippen LogP contribution in [0.4, 0.5) is 0 Å². The van der Waals surface area contributed by atoms with Crippen LogP contribution in [0.3, 0.4) is 0 Å². The molecule has 0 saturated carbocycles. The molecule has 0 unspecified atom stereocenters. The van der Waals surface area contributed by atoms with Gasteiger partial charge in [0.1, 0.15) is 0 Å². The van der Waals surface area contributed by atoms with Crippen molar-refractivity contribution in [2.24, 2.45) is 0 Å². The molecule has 224 valence electrons. The van der Waals surface area contributed by atoms with Crippen LogP contribution >= 0.6 is 0 Å². The highest BCUT2D eigenvalue weighted by molar-refractivity contribution is 6.24. The molecule has 48 heavy (non-hydrogen) atoms. The Hall–Kier alpha value is -6.38. The first-order valence-corrected chi connectivity index (χ1v) is 16.5. The molecule has 0 spiro atoms. The van der Waals surface area contributed by atoms with E-state index in [2.05, 4.69) is 191 Å². The molecule has 2 heteroatoms. The number of fused-ring (bicyclic) bond motifs is 5. The summed E-state index contributed by atoms with van der Waals surface area (Å²) in [4.78, 5) is 0. The maximum Gasteiger partial charge on any atom is 0.0553 e. The van der Waals surface area contributed by atoms with Crippen molar-refractivity contribution in [2.45, 2.75) is 0 Å². The molecule has 0 fully saturated rings. The van der Waals surface area contributed by atoms with Gasteiger partial charge in [0.05, 0.1) is 22.4 Å². The van der Waals surface area contributed by atoms with E-state index in [1.807, 2.05) is 0 Å². The van der Waals surface area contributed by atoms with E-state index in [1.54, 1.807) is 0 Å². The summed E-state index contributed by atoms with van der Waals surface area (Å²) >= 11 is 0. The molecule has 2 nitrogen and oxygen atoms in total. The average Bonchev–Trinajstić information content (AvgIpc) is 3.72. The lowest BCUT2D eigenvalue weighted by Crippen LogP contribution is -2.01. The van der Waals surface area contributed by atoms with E-state index in [1.165, 1.54) is 76.6 Å². The SMILES string of the molecule is c1ccc(-n2c(-c3c4ccccc4c(-c4cc5ccccc5n4-c4ccccc4)c4cc5ccccc5cc34)cc3ccccc32)cc1. The predicted molar refractivity (Wildman–Crippen MR) is 203 cm³/mol. The van der Waals surface area contributed by atoms with E-state index in [0.717, 1.165) is 11.4 Å². The standard InChI is InChI=1S/C46H30N2/c1-3-19-35(20-4-1)47-41-25-13-9-17-33(41)29-43(47)45-37-23-11-12-24-38(37)46(40-28-32-16-8-7-15-31(32)27-39(40)45)44-30-34-18-10-14-26-42(34)48(44)36-21-5-2-6-22-36/h1-30H. The van der Waals surface area contributed by atoms with Crippen molar-refractivity contribution in [1.82, 2.24) is 9.13 Å². The van der Waals surface area contributed by atoms with Gasteiger partial charge in [0, 0.05) is 33.3 Å². The molecule has 0 bridgehead atoms. The molecule has 8 aromatic carbocycles. The first-order chi connectivity index (χ1) is 23.8. The Morgan fingerprint density at radius 2 is 0.625 bits per heavy atom. The molecular formula is C46H30N2. The quantitative estimate of drug-likeness (QED) is 0.175. The molecule has 2 heterocycles. The lowest BCUT2D eigenvalue weighted by molar-refractivity contribution is 1.14. The number of hydrogen-bond donors (Lipinski definition) is 0. The van der Waals surface area contributed by atoms with Gasteiger partial charge in [-0.2, -0.15) is 0 Å². The molecular weight excluding hydrogens is 581 g/mol. The Balaban J connectivity index is 1.42. The normalized spacial score (nSPS) is 11.8. The molecule has 2 aromatic heterocycles. The fourth-order valence-corrected chi connectivity index (χ4v) is 7.80. The van der Waals surface area contributed by atoms with Crippen molar-refractivity contribution >= 4 is 54.1 Å². The van der Waals surface area contributed by atoms with E-state index in [0.29, 0.717) is 0 Å². The third kappa shape index (κ3) is 4.00. The highest BCUT2D eigenvalue weighted by atomic mass is 15.0. The van der Waals surface area contributed by atoms with Gasteiger partial charge in [-0.25, -0.2) is 0 Å². The van der Waals surface area contributed by atoms with Crippen LogP contribution in [0.5, 0.6) is 0 Å². The Labute approximate surface area is 278 Å². The molecule has 0 aliphatic rings. The summed E-state index contributed by atoms with van der Waals surface area (Å²) < 4.78 is 4.87. The predicted octanol–water partition coefficient (Wildman–Crippen LogP) is 12.4. The van der Waals surface area contributed by atoms with Crippen LogP contribution < -0.4 is 0 Å². The molecule has 10 aromatic rings. The number of rotatable bonds is 4. The Bertz CT molecular complexity index is 2620. The number of para-hydroxylation sites is 4. The third-order valence-corrected chi connectivity index (χ3v) is 9.85. The van der Waals surface area contributed by atoms with E-state index in [-0.39, 0.29) is 0 Å². The maximum absolute atomic E-state index is 2.44. The van der Waals surface area contributed by atoms with Crippen LogP contribution in [0.2, 0.25) is 0 Å². The van der Waals surface area contributed by atoms with Crippen molar-refractivity contribution in [3.05, 3.63) is 182 Å². The van der Waals surface area contributed by atoms with Crippen LogP contribution in [-0.4, -0.2) is 9.13 Å². The van der Waals surface area contributed by atoms with Gasteiger partial charge in [0.2, 0.25) is 0 Å². The smallest absolute Gasteiger partial charge is 0.0553 e. The summed E-state index contributed by atoms with van der Waals surface area (Å²) in [7, 11) is 0. The van der Waals surface area contributed by atoms with Gasteiger partial charge in [0.15, 0.2) is 0 Å². The molecule has 0 radical (unpaired) electrons. The second-order valence-corrected chi connectivity index (χ2v) is 12.6. The van der Waals surface area contributed by atoms with Crippen LogP contribution in [-0.2, 0) is 0 Å². The minimum Gasteiger partial charge on any atom is -0.309 e. The summed E-state index contributed by atoms with van der Waals surface area (Å²) in [5.74, 6) is 0. The summed E-state index contributed by atoms with van der Waals surface area (Å²) in [6.07, 6.45) is 0. The fraction of sp³-hybridized carbons (Fsp3) is 0. The van der Waals surface area contributed by atoms with Gasteiger partial charge >= 0.3 is 0 Å². The zero-order valence-corrected chi connectivity index (χ0v) is 26.2. The topological polar surface area (TPSA) is 9.86 Å². The van der Waals surface area contributed by atoms with Crippen molar-refractivity contribution in [1.29, 1.82) is 0 Å². The maximum atomic E-state index is 2.44. The summed E-state index contributed by atoms with van der Waals surface area (Å²) in [6.45, 7) is 0. The highest BCUT2D eigenvalue weighted by Gasteiger charge is 2.24. The van der Waals surface area contributed by atoms with Crippen LogP contribution in [0.15, 0.2) is 182 Å². The van der Waals surface area contributed by atoms with E-state index in [4.69, 9.17) is 0 Å². The molecule has 0 N–H and O–H groups in total. The van der Waals surface area contributed by atoms with Gasteiger partial charge < -0.3 is 9.13 Å². The van der Waals surface area contributed by atoms with E-state index in [9.17, 15) is 0 Å². The minimum absolute atomic E-state index is 1.15. The number of hydrogen-bond acceptors (Lipinski definition) is 0. The van der Waals surface area contributed by atoms with Crippen molar-refractivity contribution < 1.29 is 0 Å². The molecule has 0 saturated heterocycles. The number of nitrogens with zero attached hydrogens (tertiary/aromatic N) is 2. The third-order valence-electron chi connectivity index (χ3n) is 9.85. The average molecular weight is 611 g/mol. The zero-order valence-electron chi connectivity index (χ0n) is 26.2. The summed E-state index contributed by atoms with van der Waals surface area (Å²) in [5, 5.41) is 9.88. The minimum atomic E-state index is 1.15. The van der Waals surface area contributed by atoms with Crippen LogP contribution in [0.25, 0.3) is 88.0 Å². The zero-order chi connectivity index (χ0) is 31.6. The monoisotopic (exact) mass is 610 g/mol. The molecule has 10 rings (SSSR count). The lowest BCUT2D eigenvalue weighted by atomic mass is 9.87. The highest BCUT2D eigenvalue weighted by Crippen LogP contribution is 2.48. The van der Waals surface area contributed by atoms with Crippen molar-refractivity contribution in [3.63, 3.8) is 0 Å². The Morgan fingerprint density at radius 1 is 0.271 bits per heavy atom. The van der Waals surface area contributed by atoms with Crippen LogP contribution in [0, 0.1) is 0 Å². The van der Waals surface area contributed by atoms with Gasteiger partial charge in [-0.3, -0.25) is 0 Å². The molecule has 0 atom stereocenters. The lowest BCUT2D eigenvalue weighted by Gasteiger charge is -2.21. The van der Waals surface area contributed by atoms with Crippen LogP contribution in [0.1, 0.15) is 0 Å².